The SMILES string of the molecule is CCNCc1cc(S(=O)(=O)NCc2scnc2C)c[nH]1. The highest BCUT2D eigenvalue weighted by atomic mass is 32.2. The first-order valence-electron chi connectivity index (χ1n) is 6.29. The van der Waals surface area contributed by atoms with Gasteiger partial charge in [0.05, 0.1) is 16.1 Å². The molecular formula is C12H18N4O2S2. The van der Waals surface area contributed by atoms with Gasteiger partial charge >= 0.3 is 0 Å². The molecule has 6 nitrogen and oxygen atoms in total. The number of aryl methyl sites for hydroxylation is 1. The van der Waals surface area contributed by atoms with Gasteiger partial charge in [-0.1, -0.05) is 6.92 Å². The lowest BCUT2D eigenvalue weighted by Gasteiger charge is -2.03. The number of aromatic amines is 1. The number of thiazole rings is 1. The molecule has 2 aromatic rings. The normalized spacial score (nSPS) is 11.9. The van der Waals surface area contributed by atoms with Crippen LogP contribution in [0.15, 0.2) is 22.7 Å². The summed E-state index contributed by atoms with van der Waals surface area (Å²) in [4.78, 5) is 8.24. The van der Waals surface area contributed by atoms with E-state index >= 15 is 0 Å². The molecule has 0 amide bonds. The summed E-state index contributed by atoms with van der Waals surface area (Å²) in [7, 11) is -3.49. The second-order valence-electron chi connectivity index (χ2n) is 4.33. The van der Waals surface area contributed by atoms with Gasteiger partial charge in [-0.2, -0.15) is 0 Å². The van der Waals surface area contributed by atoms with Crippen molar-refractivity contribution >= 4 is 21.4 Å². The van der Waals surface area contributed by atoms with Crippen LogP contribution in [-0.4, -0.2) is 24.9 Å². The number of hydrogen-bond acceptors (Lipinski definition) is 5. The highest BCUT2D eigenvalue weighted by Gasteiger charge is 2.16. The highest BCUT2D eigenvalue weighted by Crippen LogP contribution is 2.15. The fraction of sp³-hybridized carbons (Fsp3) is 0.417. The Morgan fingerprint density at radius 3 is 2.85 bits per heavy atom. The lowest BCUT2D eigenvalue weighted by atomic mass is 10.4. The van der Waals surface area contributed by atoms with E-state index in [0.29, 0.717) is 6.54 Å². The van der Waals surface area contributed by atoms with Crippen molar-refractivity contribution in [3.63, 3.8) is 0 Å². The molecule has 0 aliphatic heterocycles. The summed E-state index contributed by atoms with van der Waals surface area (Å²) < 4.78 is 26.9. The third kappa shape index (κ3) is 3.66. The van der Waals surface area contributed by atoms with E-state index in [-0.39, 0.29) is 11.4 Å². The highest BCUT2D eigenvalue weighted by molar-refractivity contribution is 7.89. The zero-order chi connectivity index (χ0) is 14.6. The Bertz CT molecular complexity index is 661. The molecule has 0 aliphatic carbocycles. The Balaban J connectivity index is 2.03. The maximum absolute atomic E-state index is 12.2. The molecule has 0 spiro atoms. The van der Waals surface area contributed by atoms with Crippen LogP contribution in [0.4, 0.5) is 0 Å². The number of hydrogen-bond donors (Lipinski definition) is 3. The van der Waals surface area contributed by atoms with Crippen LogP contribution in [0.2, 0.25) is 0 Å². The minimum absolute atomic E-state index is 0.257. The van der Waals surface area contributed by atoms with Gasteiger partial charge in [0.25, 0.3) is 0 Å². The zero-order valence-electron chi connectivity index (χ0n) is 11.4. The molecule has 110 valence electrons. The Labute approximate surface area is 122 Å². The molecule has 20 heavy (non-hydrogen) atoms. The topological polar surface area (TPSA) is 86.9 Å². The summed E-state index contributed by atoms with van der Waals surface area (Å²) in [5.74, 6) is 0. The Kier molecular flexibility index (Phi) is 4.92. The number of nitrogens with zero attached hydrogens (tertiary/aromatic N) is 1. The van der Waals surface area contributed by atoms with Crippen molar-refractivity contribution in [3.05, 3.63) is 34.0 Å². The largest absolute Gasteiger partial charge is 0.363 e. The van der Waals surface area contributed by atoms with Crippen LogP contribution in [0.25, 0.3) is 0 Å². The van der Waals surface area contributed by atoms with Gasteiger partial charge in [0.15, 0.2) is 0 Å². The standard InChI is InChI=1S/C12H18N4O2S2/c1-3-13-5-10-4-11(6-14-10)20(17,18)16-7-12-9(2)15-8-19-12/h4,6,8,13-14,16H,3,5,7H2,1-2H3. The van der Waals surface area contributed by atoms with E-state index in [4.69, 9.17) is 0 Å². The van der Waals surface area contributed by atoms with Crippen LogP contribution in [0, 0.1) is 6.92 Å². The monoisotopic (exact) mass is 314 g/mol. The maximum atomic E-state index is 12.2. The summed E-state index contributed by atoms with van der Waals surface area (Å²) in [6.45, 7) is 5.60. The third-order valence-electron chi connectivity index (χ3n) is 2.86. The van der Waals surface area contributed by atoms with Crippen molar-refractivity contribution in [1.29, 1.82) is 0 Å². The van der Waals surface area contributed by atoms with E-state index in [1.54, 1.807) is 11.6 Å². The van der Waals surface area contributed by atoms with Crippen molar-refractivity contribution in [2.24, 2.45) is 0 Å². The quantitative estimate of drug-likeness (QED) is 0.720. The Morgan fingerprint density at radius 1 is 1.40 bits per heavy atom. The maximum Gasteiger partial charge on any atom is 0.242 e. The first kappa shape index (κ1) is 15.2. The first-order chi connectivity index (χ1) is 9.53. The molecule has 0 atom stereocenters. The predicted octanol–water partition coefficient (Wildman–Crippen LogP) is 1.37. The molecule has 3 N–H and O–H groups in total. The minimum Gasteiger partial charge on any atom is -0.363 e. The molecule has 0 aliphatic rings. The molecule has 0 fully saturated rings. The van der Waals surface area contributed by atoms with E-state index in [0.717, 1.165) is 22.8 Å². The molecule has 2 heterocycles. The summed E-state index contributed by atoms with van der Waals surface area (Å²) in [6, 6.07) is 1.64. The zero-order valence-corrected chi connectivity index (χ0v) is 13.1. The van der Waals surface area contributed by atoms with Gasteiger partial charge in [-0.05, 0) is 19.5 Å². The molecule has 0 saturated carbocycles. The van der Waals surface area contributed by atoms with Crippen molar-refractivity contribution in [2.45, 2.75) is 31.8 Å². The van der Waals surface area contributed by atoms with Gasteiger partial charge in [-0.3, -0.25) is 0 Å². The molecule has 2 aromatic heterocycles. The molecule has 0 aromatic carbocycles. The van der Waals surface area contributed by atoms with E-state index < -0.39 is 10.0 Å². The third-order valence-corrected chi connectivity index (χ3v) is 5.18. The molecule has 0 radical (unpaired) electrons. The van der Waals surface area contributed by atoms with E-state index in [1.807, 2.05) is 13.8 Å². The second kappa shape index (κ2) is 6.49. The van der Waals surface area contributed by atoms with E-state index in [2.05, 4.69) is 20.0 Å². The number of nitrogens with one attached hydrogen (secondary N) is 3. The minimum atomic E-state index is -3.49. The van der Waals surface area contributed by atoms with Crippen LogP contribution in [-0.2, 0) is 23.1 Å². The average molecular weight is 314 g/mol. The predicted molar refractivity (Wildman–Crippen MR) is 79.0 cm³/mol. The molecule has 8 heteroatoms. The summed E-state index contributed by atoms with van der Waals surface area (Å²) in [6.07, 6.45) is 1.51. The molecule has 0 bridgehead atoms. The summed E-state index contributed by atoms with van der Waals surface area (Å²) >= 11 is 1.45. The lowest BCUT2D eigenvalue weighted by Crippen LogP contribution is -2.22. The van der Waals surface area contributed by atoms with Crippen LogP contribution < -0.4 is 10.0 Å². The van der Waals surface area contributed by atoms with Gasteiger partial charge in [0.1, 0.15) is 0 Å². The lowest BCUT2D eigenvalue weighted by molar-refractivity contribution is 0.582. The van der Waals surface area contributed by atoms with Gasteiger partial charge in [-0.25, -0.2) is 18.1 Å². The average Bonchev–Trinajstić information content (AvgIpc) is 3.03. The van der Waals surface area contributed by atoms with E-state index in [9.17, 15) is 8.42 Å². The van der Waals surface area contributed by atoms with Crippen molar-refractivity contribution < 1.29 is 8.42 Å². The van der Waals surface area contributed by atoms with Gasteiger partial charge in [0.2, 0.25) is 10.0 Å². The second-order valence-corrected chi connectivity index (χ2v) is 7.03. The Morgan fingerprint density at radius 2 is 2.20 bits per heavy atom. The smallest absolute Gasteiger partial charge is 0.242 e. The number of aromatic nitrogens is 2. The van der Waals surface area contributed by atoms with Crippen LogP contribution >= 0.6 is 11.3 Å². The van der Waals surface area contributed by atoms with Crippen molar-refractivity contribution in [2.75, 3.05) is 6.54 Å². The fourth-order valence-corrected chi connectivity index (χ4v) is 3.50. The Hall–Kier alpha value is -1.22. The van der Waals surface area contributed by atoms with Crippen LogP contribution in [0.3, 0.4) is 0 Å². The molecule has 0 unspecified atom stereocenters. The molecule has 2 rings (SSSR count). The van der Waals surface area contributed by atoms with Gasteiger partial charge in [-0.15, -0.1) is 11.3 Å². The van der Waals surface area contributed by atoms with Crippen molar-refractivity contribution in [1.82, 2.24) is 20.0 Å². The first-order valence-corrected chi connectivity index (χ1v) is 8.66. The summed E-state index contributed by atoms with van der Waals surface area (Å²) in [5, 5.41) is 3.14. The van der Waals surface area contributed by atoms with Crippen LogP contribution in [0.1, 0.15) is 23.2 Å². The molecule has 0 saturated heterocycles. The van der Waals surface area contributed by atoms with Crippen LogP contribution in [0.5, 0.6) is 0 Å². The molecular weight excluding hydrogens is 296 g/mol. The summed E-state index contributed by atoms with van der Waals surface area (Å²) in [5.41, 5.74) is 3.42. The number of H-pyrrole nitrogens is 1. The van der Waals surface area contributed by atoms with Crippen molar-refractivity contribution in [3.8, 4) is 0 Å². The van der Waals surface area contributed by atoms with E-state index in [1.165, 1.54) is 17.5 Å². The fourth-order valence-electron chi connectivity index (χ4n) is 1.68. The van der Waals surface area contributed by atoms with Gasteiger partial charge < -0.3 is 10.3 Å². The van der Waals surface area contributed by atoms with Gasteiger partial charge in [0, 0.05) is 29.9 Å². The number of rotatable bonds is 7. The number of sulfonamides is 1.